The zero-order chi connectivity index (χ0) is 14.2. The lowest BCUT2D eigenvalue weighted by Crippen LogP contribution is -2.41. The van der Waals surface area contributed by atoms with Crippen molar-refractivity contribution in [2.24, 2.45) is 5.73 Å². The van der Waals surface area contributed by atoms with E-state index in [0.29, 0.717) is 0 Å². The van der Waals surface area contributed by atoms with Crippen molar-refractivity contribution in [1.29, 1.82) is 0 Å². The normalized spacial score (nSPS) is 22.9. The smallest absolute Gasteiger partial charge is 0.240 e. The minimum absolute atomic E-state index is 0.0563. The number of amides is 3. The molecule has 1 aromatic rings. The van der Waals surface area contributed by atoms with Crippen LogP contribution in [0.4, 0.5) is 0 Å². The van der Waals surface area contributed by atoms with Crippen molar-refractivity contribution in [3.63, 3.8) is 0 Å². The summed E-state index contributed by atoms with van der Waals surface area (Å²) < 4.78 is 0.894. The van der Waals surface area contributed by atoms with Crippen molar-refractivity contribution < 1.29 is 14.4 Å². The number of benzene rings is 1. The number of primary amides is 1. The molecule has 0 aliphatic carbocycles. The van der Waals surface area contributed by atoms with E-state index in [9.17, 15) is 14.4 Å². The van der Waals surface area contributed by atoms with E-state index in [1.165, 1.54) is 0 Å². The van der Waals surface area contributed by atoms with Crippen LogP contribution in [-0.2, 0) is 19.8 Å². The number of imide groups is 1. The molecule has 2 rings (SSSR count). The molecular weight excluding hydrogens is 312 g/mol. The zero-order valence-corrected chi connectivity index (χ0v) is 11.9. The number of carbonyl (C=O) groups excluding carboxylic acids is 3. The number of hydrogen-bond donors (Lipinski definition) is 1. The minimum atomic E-state index is -0.923. The minimum Gasteiger partial charge on any atom is -0.368 e. The van der Waals surface area contributed by atoms with E-state index in [-0.39, 0.29) is 24.8 Å². The summed E-state index contributed by atoms with van der Waals surface area (Å²) in [4.78, 5) is 36.1. The third-order valence-electron chi connectivity index (χ3n) is 3.32. The molecule has 6 heteroatoms. The van der Waals surface area contributed by atoms with Crippen molar-refractivity contribution >= 4 is 33.7 Å². The molecule has 1 atom stereocenters. The lowest BCUT2D eigenvalue weighted by Gasteiger charge is -2.22. The van der Waals surface area contributed by atoms with Gasteiger partial charge >= 0.3 is 0 Å². The molecule has 1 saturated heterocycles. The summed E-state index contributed by atoms with van der Waals surface area (Å²) in [6.07, 6.45) is 0.0563. The Hall–Kier alpha value is -1.69. The zero-order valence-electron chi connectivity index (χ0n) is 10.4. The maximum Gasteiger partial charge on any atom is 0.240 e. The van der Waals surface area contributed by atoms with E-state index in [2.05, 4.69) is 15.9 Å². The van der Waals surface area contributed by atoms with Gasteiger partial charge in [-0.2, -0.15) is 0 Å². The quantitative estimate of drug-likeness (QED) is 0.840. The summed E-state index contributed by atoms with van der Waals surface area (Å²) in [7, 11) is 0. The van der Waals surface area contributed by atoms with Crippen LogP contribution in [0.2, 0.25) is 0 Å². The molecule has 1 heterocycles. The topological polar surface area (TPSA) is 80.5 Å². The highest BCUT2D eigenvalue weighted by atomic mass is 79.9. The van der Waals surface area contributed by atoms with Gasteiger partial charge in [-0.3, -0.25) is 19.3 Å². The van der Waals surface area contributed by atoms with Gasteiger partial charge in [-0.15, -0.1) is 0 Å². The van der Waals surface area contributed by atoms with Gasteiger partial charge in [0.15, 0.2) is 0 Å². The van der Waals surface area contributed by atoms with Crippen LogP contribution in [0, 0.1) is 0 Å². The predicted octanol–water partition coefficient (Wildman–Crippen LogP) is 0.951. The number of rotatable bonds is 3. The largest absolute Gasteiger partial charge is 0.368 e. The average molecular weight is 325 g/mol. The van der Waals surface area contributed by atoms with E-state index in [0.717, 1.165) is 14.9 Å². The summed E-state index contributed by atoms with van der Waals surface area (Å²) in [5.74, 6) is -1.44. The lowest BCUT2D eigenvalue weighted by atomic mass is 9.81. The average Bonchev–Trinajstić information content (AvgIpc) is 2.54. The fraction of sp³-hybridized carbons (Fsp3) is 0.308. The molecule has 1 aliphatic rings. The SMILES string of the molecule is C[C@]1(c2ccc(Br)cc2)CC(=O)N(CC(N)=O)C1=O. The maximum atomic E-state index is 12.3. The van der Waals surface area contributed by atoms with Crippen LogP contribution in [-0.4, -0.2) is 29.2 Å². The number of nitrogens with two attached hydrogens (primary N) is 1. The molecule has 1 fully saturated rings. The van der Waals surface area contributed by atoms with Gasteiger partial charge in [0.05, 0.1) is 5.41 Å². The Morgan fingerprint density at radius 2 is 1.95 bits per heavy atom. The van der Waals surface area contributed by atoms with Gasteiger partial charge in [-0.25, -0.2) is 0 Å². The Bertz CT molecular complexity index is 556. The molecule has 0 radical (unpaired) electrons. The van der Waals surface area contributed by atoms with Gasteiger partial charge in [0.25, 0.3) is 0 Å². The van der Waals surface area contributed by atoms with Crippen LogP contribution in [0.5, 0.6) is 0 Å². The predicted molar refractivity (Wildman–Crippen MR) is 72.0 cm³/mol. The Morgan fingerprint density at radius 3 is 2.47 bits per heavy atom. The van der Waals surface area contributed by atoms with Crippen molar-refractivity contribution in [2.75, 3.05) is 6.54 Å². The van der Waals surface area contributed by atoms with Crippen LogP contribution in [0.15, 0.2) is 28.7 Å². The van der Waals surface area contributed by atoms with Crippen molar-refractivity contribution in [1.82, 2.24) is 4.90 Å². The number of nitrogens with zero attached hydrogens (tertiary/aromatic N) is 1. The van der Waals surface area contributed by atoms with Crippen molar-refractivity contribution in [3.8, 4) is 0 Å². The first-order valence-electron chi connectivity index (χ1n) is 5.74. The summed E-state index contributed by atoms with van der Waals surface area (Å²) in [6, 6.07) is 7.22. The molecule has 0 saturated carbocycles. The van der Waals surface area contributed by atoms with Crippen LogP contribution in [0.25, 0.3) is 0 Å². The fourth-order valence-electron chi connectivity index (χ4n) is 2.24. The molecule has 100 valence electrons. The molecule has 2 N–H and O–H groups in total. The summed E-state index contributed by atoms with van der Waals surface area (Å²) in [5.41, 5.74) is 4.88. The highest BCUT2D eigenvalue weighted by Crippen LogP contribution is 2.36. The Balaban J connectivity index is 2.35. The monoisotopic (exact) mass is 324 g/mol. The second kappa shape index (κ2) is 4.77. The van der Waals surface area contributed by atoms with Crippen LogP contribution < -0.4 is 5.73 Å². The number of likely N-dealkylation sites (tertiary alicyclic amines) is 1. The van der Waals surface area contributed by atoms with Crippen LogP contribution in [0.1, 0.15) is 18.9 Å². The van der Waals surface area contributed by atoms with E-state index >= 15 is 0 Å². The number of hydrogen-bond acceptors (Lipinski definition) is 3. The first-order chi connectivity index (χ1) is 8.84. The highest BCUT2D eigenvalue weighted by molar-refractivity contribution is 9.10. The Morgan fingerprint density at radius 1 is 1.37 bits per heavy atom. The molecular formula is C13H13BrN2O3. The Labute approximate surface area is 118 Å². The maximum absolute atomic E-state index is 12.3. The number of halogens is 1. The molecule has 19 heavy (non-hydrogen) atoms. The summed E-state index contributed by atoms with van der Waals surface area (Å²) >= 11 is 3.32. The standard InChI is InChI=1S/C13H13BrN2O3/c1-13(8-2-4-9(14)5-3-8)6-11(18)16(12(13)19)7-10(15)17/h2-5H,6-7H2,1H3,(H2,15,17)/t13-/m1/s1. The van der Waals surface area contributed by atoms with Gasteiger partial charge in [0.1, 0.15) is 6.54 Å². The summed E-state index contributed by atoms with van der Waals surface area (Å²) in [5, 5.41) is 0. The third-order valence-corrected chi connectivity index (χ3v) is 3.85. The van der Waals surface area contributed by atoms with Gasteiger partial charge in [0, 0.05) is 10.9 Å². The highest BCUT2D eigenvalue weighted by Gasteiger charge is 2.49. The van der Waals surface area contributed by atoms with E-state index in [1.54, 1.807) is 19.1 Å². The molecule has 0 spiro atoms. The van der Waals surface area contributed by atoms with E-state index in [4.69, 9.17) is 5.73 Å². The molecule has 0 bridgehead atoms. The summed E-state index contributed by atoms with van der Waals surface area (Å²) in [6.45, 7) is 1.35. The third kappa shape index (κ3) is 2.40. The van der Waals surface area contributed by atoms with Crippen LogP contribution in [0.3, 0.4) is 0 Å². The van der Waals surface area contributed by atoms with Crippen molar-refractivity contribution in [2.45, 2.75) is 18.8 Å². The lowest BCUT2D eigenvalue weighted by molar-refractivity contribution is -0.142. The second-order valence-electron chi connectivity index (χ2n) is 4.77. The number of carbonyl (C=O) groups is 3. The molecule has 0 unspecified atom stereocenters. The molecule has 5 nitrogen and oxygen atoms in total. The molecule has 3 amide bonds. The molecule has 0 aromatic heterocycles. The Kier molecular flexibility index (Phi) is 3.45. The van der Waals surface area contributed by atoms with Gasteiger partial charge in [-0.1, -0.05) is 28.1 Å². The first kappa shape index (κ1) is 13.7. The van der Waals surface area contributed by atoms with Crippen molar-refractivity contribution in [3.05, 3.63) is 34.3 Å². The van der Waals surface area contributed by atoms with E-state index < -0.39 is 11.3 Å². The molecule has 1 aliphatic heterocycles. The second-order valence-corrected chi connectivity index (χ2v) is 5.68. The van der Waals surface area contributed by atoms with Gasteiger partial charge in [0.2, 0.25) is 17.7 Å². The van der Waals surface area contributed by atoms with E-state index in [1.807, 2.05) is 12.1 Å². The van der Waals surface area contributed by atoms with Gasteiger partial charge < -0.3 is 5.73 Å². The molecule has 1 aromatic carbocycles. The van der Waals surface area contributed by atoms with Crippen LogP contribution >= 0.6 is 15.9 Å². The van der Waals surface area contributed by atoms with Gasteiger partial charge in [-0.05, 0) is 24.6 Å². The fourth-order valence-corrected chi connectivity index (χ4v) is 2.51. The first-order valence-corrected chi connectivity index (χ1v) is 6.53.